The molecule has 0 bridgehead atoms. The molecule has 156 valence electrons. The van der Waals surface area contributed by atoms with Crippen LogP contribution in [0.2, 0.25) is 0 Å². The molecule has 1 aromatic carbocycles. The lowest BCUT2D eigenvalue weighted by atomic mass is 9.95. The number of amides is 1. The van der Waals surface area contributed by atoms with Crippen LogP contribution < -0.4 is 9.47 Å². The van der Waals surface area contributed by atoms with Crippen molar-refractivity contribution in [2.45, 2.75) is 51.9 Å². The zero-order chi connectivity index (χ0) is 19.6. The van der Waals surface area contributed by atoms with E-state index in [0.29, 0.717) is 12.5 Å². The van der Waals surface area contributed by atoms with E-state index in [1.165, 1.54) is 25.7 Å². The van der Waals surface area contributed by atoms with Gasteiger partial charge in [0.15, 0.2) is 0 Å². The first-order valence-corrected chi connectivity index (χ1v) is 11.1. The van der Waals surface area contributed by atoms with E-state index < -0.39 is 0 Å². The average Bonchev–Trinajstić information content (AvgIpc) is 3.03. The van der Waals surface area contributed by atoms with E-state index in [2.05, 4.69) is 16.7 Å². The molecule has 0 unspecified atom stereocenters. The molecule has 0 spiro atoms. The molecule has 1 amide bonds. The summed E-state index contributed by atoms with van der Waals surface area (Å²) in [6.45, 7) is 8.37. The van der Waals surface area contributed by atoms with Crippen LogP contribution in [0.15, 0.2) is 24.3 Å². The highest BCUT2D eigenvalue weighted by Gasteiger charge is 2.28. The van der Waals surface area contributed by atoms with E-state index in [0.717, 1.165) is 70.1 Å². The minimum atomic E-state index is 0.228. The molecular formula is C23H36N2O3. The van der Waals surface area contributed by atoms with Gasteiger partial charge in [0.25, 0.3) is 0 Å². The van der Waals surface area contributed by atoms with Crippen LogP contribution in [0, 0.1) is 5.92 Å². The van der Waals surface area contributed by atoms with Crippen molar-refractivity contribution >= 4 is 5.91 Å². The van der Waals surface area contributed by atoms with Crippen molar-refractivity contribution < 1.29 is 14.3 Å². The van der Waals surface area contributed by atoms with Crippen molar-refractivity contribution in [2.75, 3.05) is 45.9 Å². The third-order valence-corrected chi connectivity index (χ3v) is 5.83. The summed E-state index contributed by atoms with van der Waals surface area (Å²) < 4.78 is 11.5. The van der Waals surface area contributed by atoms with E-state index >= 15 is 0 Å². The summed E-state index contributed by atoms with van der Waals surface area (Å²) in [4.78, 5) is 17.3. The number of rotatable bonds is 8. The minimum absolute atomic E-state index is 0.228. The summed E-state index contributed by atoms with van der Waals surface area (Å²) in [5.41, 5.74) is 0. The van der Waals surface area contributed by atoms with Gasteiger partial charge in [0.2, 0.25) is 5.91 Å². The predicted octanol–water partition coefficient (Wildman–Crippen LogP) is 3.97. The Morgan fingerprint density at radius 3 is 2.04 bits per heavy atom. The number of carbonyl (C=O) groups is 1. The molecule has 0 radical (unpaired) electrons. The summed E-state index contributed by atoms with van der Waals surface area (Å²) in [6, 6.07) is 7.87. The molecule has 0 aliphatic carbocycles. The van der Waals surface area contributed by atoms with Crippen molar-refractivity contribution in [3.05, 3.63) is 24.3 Å². The highest BCUT2D eigenvalue weighted by Crippen LogP contribution is 2.22. The monoisotopic (exact) mass is 388 g/mol. The molecule has 0 atom stereocenters. The van der Waals surface area contributed by atoms with Crippen LogP contribution in [0.4, 0.5) is 0 Å². The first-order valence-electron chi connectivity index (χ1n) is 11.1. The van der Waals surface area contributed by atoms with Crippen LogP contribution in [-0.2, 0) is 4.79 Å². The molecule has 28 heavy (non-hydrogen) atoms. The van der Waals surface area contributed by atoms with Gasteiger partial charge < -0.3 is 14.4 Å². The Labute approximate surface area is 170 Å². The highest BCUT2D eigenvalue weighted by molar-refractivity contribution is 5.79. The molecule has 0 saturated carbocycles. The van der Waals surface area contributed by atoms with Crippen LogP contribution in [0.5, 0.6) is 11.5 Å². The quantitative estimate of drug-likeness (QED) is 0.676. The van der Waals surface area contributed by atoms with Gasteiger partial charge in [0.05, 0.1) is 6.61 Å². The van der Waals surface area contributed by atoms with E-state index in [1.54, 1.807) is 0 Å². The number of benzene rings is 1. The SMILES string of the molecule is CCCOc1ccc(OCCN2CCC(C(=O)N3CCCCCC3)CC2)cc1. The van der Waals surface area contributed by atoms with E-state index in [-0.39, 0.29) is 5.92 Å². The smallest absolute Gasteiger partial charge is 0.225 e. The molecule has 2 fully saturated rings. The number of hydrogen-bond donors (Lipinski definition) is 0. The topological polar surface area (TPSA) is 42.0 Å². The number of hydrogen-bond acceptors (Lipinski definition) is 4. The number of carbonyl (C=O) groups excluding carboxylic acids is 1. The largest absolute Gasteiger partial charge is 0.494 e. The number of ether oxygens (including phenoxy) is 2. The Balaban J connectivity index is 1.33. The predicted molar refractivity (Wildman–Crippen MR) is 112 cm³/mol. The van der Waals surface area contributed by atoms with Gasteiger partial charge in [-0.25, -0.2) is 0 Å². The van der Waals surface area contributed by atoms with E-state index in [4.69, 9.17) is 9.47 Å². The van der Waals surface area contributed by atoms with Gasteiger partial charge >= 0.3 is 0 Å². The summed E-state index contributed by atoms with van der Waals surface area (Å²) >= 11 is 0. The maximum atomic E-state index is 12.8. The second-order valence-electron chi connectivity index (χ2n) is 8.02. The zero-order valence-corrected chi connectivity index (χ0v) is 17.4. The van der Waals surface area contributed by atoms with Crippen molar-refractivity contribution in [3.8, 4) is 11.5 Å². The second kappa shape index (κ2) is 11.3. The minimum Gasteiger partial charge on any atom is -0.494 e. The molecule has 2 aliphatic heterocycles. The molecule has 0 aromatic heterocycles. The van der Waals surface area contributed by atoms with Crippen molar-refractivity contribution in [1.82, 2.24) is 9.80 Å². The van der Waals surface area contributed by atoms with Gasteiger partial charge in [-0.15, -0.1) is 0 Å². The Hall–Kier alpha value is -1.75. The van der Waals surface area contributed by atoms with E-state index in [9.17, 15) is 4.79 Å². The fourth-order valence-electron chi connectivity index (χ4n) is 4.10. The second-order valence-corrected chi connectivity index (χ2v) is 8.02. The third-order valence-electron chi connectivity index (χ3n) is 5.83. The summed E-state index contributed by atoms with van der Waals surface area (Å²) in [7, 11) is 0. The molecule has 5 heteroatoms. The Bertz CT molecular complexity index is 574. The number of piperidine rings is 1. The standard InChI is InChI=1S/C23H36N2O3/c1-2-18-27-21-7-9-22(10-8-21)28-19-17-24-15-11-20(12-16-24)23(26)25-13-5-3-4-6-14-25/h7-10,20H,2-6,11-19H2,1H3. The van der Waals surface area contributed by atoms with Gasteiger partial charge in [0.1, 0.15) is 18.1 Å². The molecule has 0 N–H and O–H groups in total. The molecule has 2 heterocycles. The highest BCUT2D eigenvalue weighted by atomic mass is 16.5. The molecule has 3 rings (SSSR count). The fourth-order valence-corrected chi connectivity index (χ4v) is 4.10. The summed E-state index contributed by atoms with van der Waals surface area (Å²) in [5.74, 6) is 2.41. The van der Waals surface area contributed by atoms with E-state index in [1.807, 2.05) is 24.3 Å². The Kier molecular flexibility index (Phi) is 8.46. The Morgan fingerprint density at radius 2 is 1.46 bits per heavy atom. The number of likely N-dealkylation sites (tertiary alicyclic amines) is 2. The van der Waals surface area contributed by atoms with Crippen LogP contribution >= 0.6 is 0 Å². The maximum Gasteiger partial charge on any atom is 0.225 e. The molecular weight excluding hydrogens is 352 g/mol. The van der Waals surface area contributed by atoms with Gasteiger partial charge in [-0.05, 0) is 69.5 Å². The van der Waals surface area contributed by atoms with Crippen molar-refractivity contribution in [2.24, 2.45) is 5.92 Å². The van der Waals surface area contributed by atoms with Crippen LogP contribution in [0.25, 0.3) is 0 Å². The molecule has 1 aromatic rings. The first kappa shape index (κ1) is 21.0. The van der Waals surface area contributed by atoms with Gasteiger partial charge in [-0.3, -0.25) is 9.69 Å². The zero-order valence-electron chi connectivity index (χ0n) is 17.4. The van der Waals surface area contributed by atoms with Crippen LogP contribution in [0.1, 0.15) is 51.9 Å². The van der Waals surface area contributed by atoms with Gasteiger partial charge in [0, 0.05) is 25.6 Å². The normalized spacial score (nSPS) is 19.2. The summed E-state index contributed by atoms with van der Waals surface area (Å²) in [6.07, 6.45) is 7.88. The Morgan fingerprint density at radius 1 is 0.893 bits per heavy atom. The molecule has 5 nitrogen and oxygen atoms in total. The fraction of sp³-hybridized carbons (Fsp3) is 0.696. The average molecular weight is 389 g/mol. The van der Waals surface area contributed by atoms with Crippen LogP contribution in [-0.4, -0.2) is 61.6 Å². The van der Waals surface area contributed by atoms with Crippen LogP contribution in [0.3, 0.4) is 0 Å². The molecule has 2 saturated heterocycles. The lowest BCUT2D eigenvalue weighted by Crippen LogP contribution is -2.43. The molecule has 2 aliphatic rings. The van der Waals surface area contributed by atoms with Crippen molar-refractivity contribution in [3.63, 3.8) is 0 Å². The number of nitrogens with zero attached hydrogens (tertiary/aromatic N) is 2. The van der Waals surface area contributed by atoms with Gasteiger partial charge in [-0.2, -0.15) is 0 Å². The van der Waals surface area contributed by atoms with Gasteiger partial charge in [-0.1, -0.05) is 19.8 Å². The maximum absolute atomic E-state index is 12.8. The first-order chi connectivity index (χ1) is 13.8. The third kappa shape index (κ3) is 6.40. The lowest BCUT2D eigenvalue weighted by molar-refractivity contribution is -0.137. The van der Waals surface area contributed by atoms with Crippen molar-refractivity contribution in [1.29, 1.82) is 0 Å². The summed E-state index contributed by atoms with van der Waals surface area (Å²) in [5, 5.41) is 0. The lowest BCUT2D eigenvalue weighted by Gasteiger charge is -2.33.